The summed E-state index contributed by atoms with van der Waals surface area (Å²) in [5.74, 6) is 0.258. The van der Waals surface area contributed by atoms with Crippen molar-refractivity contribution >= 4 is 12.6 Å². The van der Waals surface area contributed by atoms with Crippen molar-refractivity contribution in [1.82, 2.24) is 0 Å². The molecule has 2 nitrogen and oxygen atoms in total. The largest absolute Gasteiger partial charge is 0.389 e. The third-order valence-electron chi connectivity index (χ3n) is 2.30. The Bertz CT molecular complexity index is 312. The van der Waals surface area contributed by atoms with E-state index in [0.29, 0.717) is 0 Å². The Morgan fingerprint density at radius 3 is 2.50 bits per heavy atom. The molecule has 78 valence electrons. The molecule has 3 heteroatoms. The van der Waals surface area contributed by atoms with Gasteiger partial charge in [0.05, 0.1) is 6.10 Å². The molecule has 0 heterocycles. The van der Waals surface area contributed by atoms with E-state index < -0.39 is 12.2 Å². The molecule has 1 aromatic carbocycles. The minimum atomic E-state index is -0.840. The lowest BCUT2D eigenvalue weighted by molar-refractivity contribution is 0.0333. The third-order valence-corrected chi connectivity index (χ3v) is 2.68. The molecule has 0 aromatic heterocycles. The zero-order valence-electron chi connectivity index (χ0n) is 8.44. The van der Waals surface area contributed by atoms with Crippen LogP contribution in [0.15, 0.2) is 18.2 Å². The zero-order valence-corrected chi connectivity index (χ0v) is 9.33. The van der Waals surface area contributed by atoms with E-state index in [1.54, 1.807) is 0 Å². The van der Waals surface area contributed by atoms with Gasteiger partial charge in [0.25, 0.3) is 0 Å². The van der Waals surface area contributed by atoms with Crippen molar-refractivity contribution in [3.63, 3.8) is 0 Å². The van der Waals surface area contributed by atoms with Gasteiger partial charge in [-0.25, -0.2) is 0 Å². The van der Waals surface area contributed by atoms with Crippen LogP contribution in [0.5, 0.6) is 0 Å². The summed E-state index contributed by atoms with van der Waals surface area (Å²) in [4.78, 5) is 0. The smallest absolute Gasteiger partial charge is 0.106 e. The summed E-state index contributed by atoms with van der Waals surface area (Å²) >= 11 is 3.96. The van der Waals surface area contributed by atoms with Crippen molar-refractivity contribution in [1.29, 1.82) is 0 Å². The molecule has 1 aromatic rings. The van der Waals surface area contributed by atoms with Gasteiger partial charge in [0.2, 0.25) is 0 Å². The summed E-state index contributed by atoms with van der Waals surface area (Å²) in [6.07, 6.45) is -1.65. The number of aliphatic hydroxyl groups excluding tert-OH is 2. The van der Waals surface area contributed by atoms with Crippen LogP contribution >= 0.6 is 12.6 Å². The summed E-state index contributed by atoms with van der Waals surface area (Å²) in [6, 6.07) is 5.82. The number of hydrogen-bond donors (Lipinski definition) is 3. The van der Waals surface area contributed by atoms with Crippen molar-refractivity contribution < 1.29 is 10.2 Å². The normalized spacial score (nSPS) is 15.2. The number of hydrogen-bond acceptors (Lipinski definition) is 3. The lowest BCUT2D eigenvalue weighted by Gasteiger charge is -2.18. The quantitative estimate of drug-likeness (QED) is 0.666. The van der Waals surface area contributed by atoms with E-state index in [4.69, 9.17) is 0 Å². The van der Waals surface area contributed by atoms with Gasteiger partial charge in [-0.2, -0.15) is 12.6 Å². The first kappa shape index (κ1) is 11.6. The minimum Gasteiger partial charge on any atom is -0.389 e. The molecule has 0 fully saturated rings. The number of aliphatic hydroxyl groups is 2. The van der Waals surface area contributed by atoms with Crippen LogP contribution in [0.1, 0.15) is 22.8 Å². The van der Waals surface area contributed by atoms with Crippen LogP contribution in [0.2, 0.25) is 0 Å². The summed E-state index contributed by atoms with van der Waals surface area (Å²) in [5.41, 5.74) is 2.85. The molecule has 0 bridgehead atoms. The fourth-order valence-electron chi connectivity index (χ4n) is 1.39. The van der Waals surface area contributed by atoms with E-state index in [1.165, 1.54) is 0 Å². The van der Waals surface area contributed by atoms with Crippen LogP contribution in [0, 0.1) is 13.8 Å². The molecular weight excluding hydrogens is 196 g/mol. The summed E-state index contributed by atoms with van der Waals surface area (Å²) in [7, 11) is 0. The Labute approximate surface area is 90.0 Å². The van der Waals surface area contributed by atoms with E-state index in [9.17, 15) is 10.2 Å². The highest BCUT2D eigenvalue weighted by Crippen LogP contribution is 2.22. The molecule has 2 atom stereocenters. The topological polar surface area (TPSA) is 40.5 Å². The predicted molar refractivity (Wildman–Crippen MR) is 60.7 cm³/mol. The van der Waals surface area contributed by atoms with Crippen LogP contribution in [-0.4, -0.2) is 22.1 Å². The number of thiol groups is 1. The monoisotopic (exact) mass is 212 g/mol. The van der Waals surface area contributed by atoms with E-state index in [2.05, 4.69) is 12.6 Å². The Morgan fingerprint density at radius 1 is 1.29 bits per heavy atom. The van der Waals surface area contributed by atoms with Crippen molar-refractivity contribution in [2.75, 3.05) is 5.75 Å². The minimum absolute atomic E-state index is 0.258. The second-order valence-corrected chi connectivity index (χ2v) is 3.92. The lowest BCUT2D eigenvalue weighted by atomic mass is 9.98. The van der Waals surface area contributed by atoms with Gasteiger partial charge in [-0.15, -0.1) is 0 Å². The number of aryl methyl sites for hydroxylation is 2. The SMILES string of the molecule is Cc1ccc(C)c(C(O)C(O)CS)c1. The lowest BCUT2D eigenvalue weighted by Crippen LogP contribution is -2.20. The van der Waals surface area contributed by atoms with Gasteiger partial charge in [-0.05, 0) is 25.0 Å². The van der Waals surface area contributed by atoms with E-state index >= 15 is 0 Å². The number of benzene rings is 1. The Hall–Kier alpha value is -0.510. The van der Waals surface area contributed by atoms with Crippen molar-refractivity contribution in [2.24, 2.45) is 0 Å². The summed E-state index contributed by atoms with van der Waals surface area (Å²) in [6.45, 7) is 3.88. The van der Waals surface area contributed by atoms with Gasteiger partial charge in [0.1, 0.15) is 6.10 Å². The molecule has 0 spiro atoms. The summed E-state index contributed by atoms with van der Waals surface area (Å²) < 4.78 is 0. The molecule has 0 aliphatic carbocycles. The molecule has 14 heavy (non-hydrogen) atoms. The Balaban J connectivity index is 2.99. The fourth-order valence-corrected chi connectivity index (χ4v) is 1.59. The highest BCUT2D eigenvalue weighted by atomic mass is 32.1. The third kappa shape index (κ3) is 2.50. The molecule has 0 saturated heterocycles. The van der Waals surface area contributed by atoms with Crippen LogP contribution < -0.4 is 0 Å². The van der Waals surface area contributed by atoms with E-state index in [-0.39, 0.29) is 5.75 Å². The van der Waals surface area contributed by atoms with Gasteiger partial charge >= 0.3 is 0 Å². The first-order valence-electron chi connectivity index (χ1n) is 4.60. The van der Waals surface area contributed by atoms with Crippen molar-refractivity contribution in [2.45, 2.75) is 26.1 Å². The van der Waals surface area contributed by atoms with Crippen molar-refractivity contribution in [3.05, 3.63) is 34.9 Å². The summed E-state index contributed by atoms with van der Waals surface area (Å²) in [5, 5.41) is 19.3. The van der Waals surface area contributed by atoms with Crippen LogP contribution in [0.3, 0.4) is 0 Å². The molecule has 2 unspecified atom stereocenters. The van der Waals surface area contributed by atoms with Gasteiger partial charge in [-0.3, -0.25) is 0 Å². The Morgan fingerprint density at radius 2 is 1.93 bits per heavy atom. The molecule has 0 saturated carbocycles. The molecule has 0 radical (unpaired) electrons. The average molecular weight is 212 g/mol. The zero-order chi connectivity index (χ0) is 10.7. The van der Waals surface area contributed by atoms with E-state index in [0.717, 1.165) is 16.7 Å². The maximum atomic E-state index is 9.80. The first-order chi connectivity index (χ1) is 6.56. The molecule has 0 aliphatic rings. The van der Waals surface area contributed by atoms with Gasteiger partial charge in [0, 0.05) is 5.75 Å². The molecule has 2 N–H and O–H groups in total. The Kier molecular flexibility index (Phi) is 3.98. The second-order valence-electron chi connectivity index (χ2n) is 3.55. The second kappa shape index (κ2) is 4.82. The van der Waals surface area contributed by atoms with Crippen LogP contribution in [-0.2, 0) is 0 Å². The van der Waals surface area contributed by atoms with Gasteiger partial charge in [0.15, 0.2) is 0 Å². The highest BCUT2D eigenvalue weighted by Gasteiger charge is 2.18. The standard InChI is InChI=1S/C11H16O2S/c1-7-3-4-8(2)9(5-7)11(13)10(12)6-14/h3-5,10-14H,6H2,1-2H3. The van der Waals surface area contributed by atoms with Crippen LogP contribution in [0.25, 0.3) is 0 Å². The van der Waals surface area contributed by atoms with Gasteiger partial charge in [-0.1, -0.05) is 23.8 Å². The molecule has 0 aliphatic heterocycles. The first-order valence-corrected chi connectivity index (χ1v) is 5.23. The molecular formula is C11H16O2S. The van der Waals surface area contributed by atoms with Crippen molar-refractivity contribution in [3.8, 4) is 0 Å². The maximum Gasteiger partial charge on any atom is 0.106 e. The van der Waals surface area contributed by atoms with Gasteiger partial charge < -0.3 is 10.2 Å². The van der Waals surface area contributed by atoms with E-state index in [1.807, 2.05) is 32.0 Å². The number of rotatable bonds is 3. The highest BCUT2D eigenvalue weighted by molar-refractivity contribution is 7.80. The predicted octanol–water partition coefficient (Wildman–Crippen LogP) is 1.63. The fraction of sp³-hybridized carbons (Fsp3) is 0.455. The molecule has 0 amide bonds. The molecule has 1 rings (SSSR count). The maximum absolute atomic E-state index is 9.80. The van der Waals surface area contributed by atoms with Crippen LogP contribution in [0.4, 0.5) is 0 Å². The average Bonchev–Trinajstić information content (AvgIpc) is 2.19.